The lowest BCUT2D eigenvalue weighted by Crippen LogP contribution is -1.98. The third-order valence-electron chi connectivity index (χ3n) is 1.79. The zero-order chi connectivity index (χ0) is 9.26. The number of rotatable bonds is 2. The summed E-state index contributed by atoms with van der Waals surface area (Å²) in [7, 11) is 0. The molecule has 66 valence electrons. The lowest BCUT2D eigenvalue weighted by molar-refractivity contribution is 0.300. The second kappa shape index (κ2) is 3.35. The number of hydrogen-bond donors (Lipinski definition) is 0. The van der Waals surface area contributed by atoms with Crippen LogP contribution in [0.5, 0.6) is 5.75 Å². The molecule has 3 nitrogen and oxygen atoms in total. The Morgan fingerprint density at radius 1 is 1.54 bits per heavy atom. The van der Waals surface area contributed by atoms with Gasteiger partial charge in [-0.2, -0.15) is 5.26 Å². The third kappa shape index (κ3) is 1.81. The van der Waals surface area contributed by atoms with Gasteiger partial charge < -0.3 is 4.74 Å². The van der Waals surface area contributed by atoms with Crippen LogP contribution in [0, 0.1) is 11.3 Å². The van der Waals surface area contributed by atoms with E-state index < -0.39 is 0 Å². The summed E-state index contributed by atoms with van der Waals surface area (Å²) in [6.45, 7) is 0. The third-order valence-corrected chi connectivity index (χ3v) is 2.60. The van der Waals surface area contributed by atoms with E-state index in [0.717, 1.165) is 12.8 Å². The predicted molar refractivity (Wildman–Crippen MR) is 50.3 cm³/mol. The van der Waals surface area contributed by atoms with Gasteiger partial charge >= 0.3 is 0 Å². The molecule has 0 amide bonds. The highest BCUT2D eigenvalue weighted by Crippen LogP contribution is 2.32. The Balaban J connectivity index is 2.28. The van der Waals surface area contributed by atoms with E-state index in [1.165, 1.54) is 6.20 Å². The Bertz CT molecular complexity index is 368. The molecule has 0 aliphatic heterocycles. The van der Waals surface area contributed by atoms with Crippen LogP contribution in [0.4, 0.5) is 0 Å². The van der Waals surface area contributed by atoms with Crippen molar-refractivity contribution >= 4 is 15.9 Å². The van der Waals surface area contributed by atoms with Crippen molar-refractivity contribution in [3.8, 4) is 11.8 Å². The quantitative estimate of drug-likeness (QED) is 0.795. The van der Waals surface area contributed by atoms with E-state index in [0.29, 0.717) is 21.9 Å². The normalized spacial score (nSPS) is 15.1. The summed E-state index contributed by atoms with van der Waals surface area (Å²) in [5.74, 6) is 0.668. The van der Waals surface area contributed by atoms with E-state index in [4.69, 9.17) is 10.00 Å². The molecule has 0 bridgehead atoms. The molecular formula is C9H7BrN2O. The minimum absolute atomic E-state index is 0.326. The first-order valence-electron chi connectivity index (χ1n) is 4.01. The lowest BCUT2D eigenvalue weighted by Gasteiger charge is -2.05. The summed E-state index contributed by atoms with van der Waals surface area (Å²) in [5.41, 5.74) is 0.512. The van der Waals surface area contributed by atoms with Gasteiger partial charge in [-0.15, -0.1) is 0 Å². The van der Waals surface area contributed by atoms with Crippen LogP contribution in [0.25, 0.3) is 0 Å². The zero-order valence-corrected chi connectivity index (χ0v) is 8.41. The standard InChI is InChI=1S/C9H7BrN2O/c10-9-6(3-11)4-12-5-8(9)13-7-1-2-7/h4-5,7H,1-2H2. The molecular weight excluding hydrogens is 232 g/mol. The van der Waals surface area contributed by atoms with E-state index in [1.807, 2.05) is 6.07 Å². The van der Waals surface area contributed by atoms with Gasteiger partial charge in [0.1, 0.15) is 6.07 Å². The second-order valence-corrected chi connectivity index (χ2v) is 3.72. The zero-order valence-electron chi connectivity index (χ0n) is 6.83. The molecule has 1 aromatic rings. The van der Waals surface area contributed by atoms with Gasteiger partial charge in [0.05, 0.1) is 22.3 Å². The number of aromatic nitrogens is 1. The molecule has 4 heteroatoms. The van der Waals surface area contributed by atoms with E-state index in [-0.39, 0.29) is 0 Å². The Kier molecular flexibility index (Phi) is 2.19. The average Bonchev–Trinajstić information content (AvgIpc) is 2.92. The van der Waals surface area contributed by atoms with Crippen LogP contribution in [-0.2, 0) is 0 Å². The van der Waals surface area contributed by atoms with Gasteiger partial charge in [-0.3, -0.25) is 4.98 Å². The molecule has 1 heterocycles. The number of nitrogens with zero attached hydrogens (tertiary/aromatic N) is 2. The van der Waals surface area contributed by atoms with Crippen molar-refractivity contribution in [2.75, 3.05) is 0 Å². The first kappa shape index (κ1) is 8.52. The maximum Gasteiger partial charge on any atom is 0.153 e. The van der Waals surface area contributed by atoms with Gasteiger partial charge in [0.25, 0.3) is 0 Å². The van der Waals surface area contributed by atoms with Gasteiger partial charge in [0, 0.05) is 6.20 Å². The number of nitriles is 1. The Labute approximate surface area is 84.5 Å². The first-order chi connectivity index (χ1) is 6.31. The van der Waals surface area contributed by atoms with Gasteiger partial charge in [-0.25, -0.2) is 0 Å². The van der Waals surface area contributed by atoms with E-state index in [1.54, 1.807) is 6.20 Å². The molecule has 1 aliphatic carbocycles. The van der Waals surface area contributed by atoms with Crippen LogP contribution < -0.4 is 4.74 Å². The molecule has 0 radical (unpaired) electrons. The van der Waals surface area contributed by atoms with Crippen LogP contribution in [-0.4, -0.2) is 11.1 Å². The molecule has 13 heavy (non-hydrogen) atoms. The van der Waals surface area contributed by atoms with Crippen molar-refractivity contribution in [2.45, 2.75) is 18.9 Å². The molecule has 0 N–H and O–H groups in total. The van der Waals surface area contributed by atoms with Crippen LogP contribution in [0.1, 0.15) is 18.4 Å². The molecule has 0 unspecified atom stereocenters. The first-order valence-corrected chi connectivity index (χ1v) is 4.81. The number of pyridine rings is 1. The Morgan fingerprint density at radius 2 is 2.31 bits per heavy atom. The maximum absolute atomic E-state index is 8.72. The number of ether oxygens (including phenoxy) is 1. The Hall–Kier alpha value is -1.08. The van der Waals surface area contributed by atoms with E-state index in [9.17, 15) is 0 Å². The van der Waals surface area contributed by atoms with Crippen molar-refractivity contribution in [1.82, 2.24) is 4.98 Å². The molecule has 1 fully saturated rings. The average molecular weight is 239 g/mol. The molecule has 0 atom stereocenters. The van der Waals surface area contributed by atoms with Gasteiger partial charge in [0.2, 0.25) is 0 Å². The van der Waals surface area contributed by atoms with Crippen molar-refractivity contribution < 1.29 is 4.74 Å². The minimum Gasteiger partial charge on any atom is -0.488 e. The minimum atomic E-state index is 0.326. The number of halogens is 1. The van der Waals surface area contributed by atoms with Gasteiger partial charge in [0.15, 0.2) is 5.75 Å². The van der Waals surface area contributed by atoms with Crippen LogP contribution in [0.3, 0.4) is 0 Å². The molecule has 1 aromatic heterocycles. The summed E-state index contributed by atoms with van der Waals surface area (Å²) < 4.78 is 6.24. The monoisotopic (exact) mass is 238 g/mol. The topological polar surface area (TPSA) is 45.9 Å². The van der Waals surface area contributed by atoms with Crippen LogP contribution >= 0.6 is 15.9 Å². The molecule has 0 spiro atoms. The van der Waals surface area contributed by atoms with Crippen molar-refractivity contribution in [1.29, 1.82) is 5.26 Å². The van der Waals surface area contributed by atoms with Crippen molar-refractivity contribution in [3.05, 3.63) is 22.4 Å². The molecule has 0 saturated heterocycles. The van der Waals surface area contributed by atoms with Crippen molar-refractivity contribution in [2.24, 2.45) is 0 Å². The SMILES string of the molecule is N#Cc1cncc(OC2CC2)c1Br. The second-order valence-electron chi connectivity index (χ2n) is 2.93. The molecule has 2 rings (SSSR count). The molecule has 1 saturated carbocycles. The van der Waals surface area contributed by atoms with Crippen LogP contribution in [0.2, 0.25) is 0 Å². The lowest BCUT2D eigenvalue weighted by atomic mass is 10.3. The maximum atomic E-state index is 8.72. The fourth-order valence-electron chi connectivity index (χ4n) is 0.951. The summed E-state index contributed by atoms with van der Waals surface area (Å²) in [5, 5.41) is 8.72. The highest BCUT2D eigenvalue weighted by Gasteiger charge is 2.24. The number of hydrogen-bond acceptors (Lipinski definition) is 3. The van der Waals surface area contributed by atoms with Gasteiger partial charge in [-0.05, 0) is 28.8 Å². The fraction of sp³-hybridized carbons (Fsp3) is 0.333. The van der Waals surface area contributed by atoms with E-state index >= 15 is 0 Å². The van der Waals surface area contributed by atoms with Gasteiger partial charge in [-0.1, -0.05) is 0 Å². The summed E-state index contributed by atoms with van der Waals surface area (Å²) in [6.07, 6.45) is 5.67. The van der Waals surface area contributed by atoms with Crippen LogP contribution in [0.15, 0.2) is 16.9 Å². The summed E-state index contributed by atoms with van der Waals surface area (Å²) >= 11 is 3.31. The predicted octanol–water partition coefficient (Wildman–Crippen LogP) is 2.26. The Morgan fingerprint density at radius 3 is 2.92 bits per heavy atom. The smallest absolute Gasteiger partial charge is 0.153 e. The molecule has 1 aliphatic rings. The largest absolute Gasteiger partial charge is 0.488 e. The summed E-state index contributed by atoms with van der Waals surface area (Å²) in [6, 6.07) is 2.04. The highest BCUT2D eigenvalue weighted by atomic mass is 79.9. The highest BCUT2D eigenvalue weighted by molar-refractivity contribution is 9.10. The summed E-state index contributed by atoms with van der Waals surface area (Å²) in [4.78, 5) is 3.92. The van der Waals surface area contributed by atoms with E-state index in [2.05, 4.69) is 20.9 Å². The fourth-order valence-corrected chi connectivity index (χ4v) is 1.34. The molecule has 0 aromatic carbocycles. The van der Waals surface area contributed by atoms with Crippen molar-refractivity contribution in [3.63, 3.8) is 0 Å².